The minimum Gasteiger partial charge on any atom is -0.339 e. The fraction of sp³-hybridized carbons (Fsp3) is 0.556. The lowest BCUT2D eigenvalue weighted by molar-refractivity contribution is 0.0740. The highest BCUT2D eigenvalue weighted by atomic mass is 16.2. The lowest BCUT2D eigenvalue weighted by Crippen LogP contribution is -2.34. The Bertz CT molecular complexity index is 604. The quantitative estimate of drug-likeness (QED) is 0.778. The maximum absolute atomic E-state index is 12.8. The zero-order chi connectivity index (χ0) is 16.1. The first kappa shape index (κ1) is 16.5. The molecular weight excluding hydrogens is 274 g/mol. The predicted octanol–water partition coefficient (Wildman–Crippen LogP) is 3.87. The van der Waals surface area contributed by atoms with Crippen molar-refractivity contribution < 1.29 is 4.79 Å². The molecule has 0 aliphatic heterocycles. The Morgan fingerprint density at radius 1 is 1.14 bits per heavy atom. The van der Waals surface area contributed by atoms with E-state index >= 15 is 0 Å². The number of nitrogens with zero attached hydrogens (tertiary/aromatic N) is 3. The van der Waals surface area contributed by atoms with E-state index in [-0.39, 0.29) is 5.91 Å². The molecule has 2 aromatic rings. The molecule has 0 fully saturated rings. The van der Waals surface area contributed by atoms with Crippen LogP contribution in [-0.2, 0) is 0 Å². The second-order valence-corrected chi connectivity index (χ2v) is 6.77. The summed E-state index contributed by atoms with van der Waals surface area (Å²) in [7, 11) is 0. The van der Waals surface area contributed by atoms with Gasteiger partial charge in [-0.05, 0) is 36.8 Å². The largest absolute Gasteiger partial charge is 0.339 e. The fourth-order valence-corrected chi connectivity index (χ4v) is 2.37. The van der Waals surface area contributed by atoms with E-state index < -0.39 is 0 Å². The number of pyridine rings is 1. The van der Waals surface area contributed by atoms with Crippen LogP contribution in [0.2, 0.25) is 0 Å². The first-order chi connectivity index (χ1) is 10.5. The summed E-state index contributed by atoms with van der Waals surface area (Å²) in [6.45, 7) is 10.4. The van der Waals surface area contributed by atoms with Crippen LogP contribution in [0, 0.1) is 11.8 Å². The van der Waals surface area contributed by atoms with Crippen LogP contribution in [0.5, 0.6) is 0 Å². The summed E-state index contributed by atoms with van der Waals surface area (Å²) in [5.74, 6) is 1.33. The van der Waals surface area contributed by atoms with Gasteiger partial charge in [-0.15, -0.1) is 0 Å². The van der Waals surface area contributed by atoms with Crippen LogP contribution in [0.4, 0.5) is 0 Å². The molecule has 0 N–H and O–H groups in total. The molecule has 0 saturated heterocycles. The topological polar surface area (TPSA) is 37.6 Å². The lowest BCUT2D eigenvalue weighted by Gasteiger charge is -2.24. The van der Waals surface area contributed by atoms with E-state index in [0.717, 1.165) is 37.1 Å². The van der Waals surface area contributed by atoms with Crippen LogP contribution < -0.4 is 0 Å². The molecule has 0 unspecified atom stereocenters. The molecule has 0 aromatic carbocycles. The van der Waals surface area contributed by atoms with Crippen molar-refractivity contribution in [1.29, 1.82) is 0 Å². The van der Waals surface area contributed by atoms with Gasteiger partial charge in [0.15, 0.2) is 0 Å². The molecule has 0 aliphatic rings. The molecule has 0 aliphatic carbocycles. The number of amides is 1. The standard InChI is InChI=1S/C18H27N3O/c1-14(2)7-10-20(11-8-15(3)4)18(22)16-5-6-17-19-9-12-21(17)13-16/h5-6,9,12-15H,7-8,10-11H2,1-4H3. The van der Waals surface area contributed by atoms with Gasteiger partial charge in [0, 0.05) is 31.7 Å². The van der Waals surface area contributed by atoms with E-state index in [4.69, 9.17) is 0 Å². The van der Waals surface area contributed by atoms with Gasteiger partial charge in [-0.2, -0.15) is 0 Å². The minimum atomic E-state index is 0.122. The van der Waals surface area contributed by atoms with Crippen molar-refractivity contribution in [1.82, 2.24) is 14.3 Å². The molecule has 2 rings (SSSR count). The van der Waals surface area contributed by atoms with Crippen molar-refractivity contribution in [2.24, 2.45) is 11.8 Å². The molecule has 1 amide bonds. The Morgan fingerprint density at radius 3 is 2.36 bits per heavy atom. The maximum Gasteiger partial charge on any atom is 0.255 e. The lowest BCUT2D eigenvalue weighted by atomic mass is 10.1. The van der Waals surface area contributed by atoms with Gasteiger partial charge in [0.2, 0.25) is 0 Å². The fourth-order valence-electron chi connectivity index (χ4n) is 2.37. The van der Waals surface area contributed by atoms with Gasteiger partial charge in [0.1, 0.15) is 5.65 Å². The van der Waals surface area contributed by atoms with Crippen molar-refractivity contribution >= 4 is 11.6 Å². The molecule has 0 saturated carbocycles. The number of aromatic nitrogens is 2. The smallest absolute Gasteiger partial charge is 0.255 e. The highest BCUT2D eigenvalue weighted by Crippen LogP contribution is 2.12. The third-order valence-corrected chi connectivity index (χ3v) is 3.88. The Morgan fingerprint density at radius 2 is 1.77 bits per heavy atom. The monoisotopic (exact) mass is 301 g/mol. The zero-order valence-electron chi connectivity index (χ0n) is 14.1. The summed E-state index contributed by atoms with van der Waals surface area (Å²) in [6.07, 6.45) is 7.58. The molecule has 22 heavy (non-hydrogen) atoms. The van der Waals surface area contributed by atoms with Gasteiger partial charge < -0.3 is 9.30 Å². The number of hydrogen-bond donors (Lipinski definition) is 0. The average Bonchev–Trinajstić information content (AvgIpc) is 2.93. The number of fused-ring (bicyclic) bond motifs is 1. The first-order valence-corrected chi connectivity index (χ1v) is 8.19. The zero-order valence-corrected chi connectivity index (χ0v) is 14.1. The van der Waals surface area contributed by atoms with Gasteiger partial charge in [-0.3, -0.25) is 4.79 Å². The van der Waals surface area contributed by atoms with E-state index in [9.17, 15) is 4.79 Å². The Kier molecular flexibility index (Phi) is 5.58. The molecule has 4 heteroatoms. The maximum atomic E-state index is 12.8. The highest BCUT2D eigenvalue weighted by Gasteiger charge is 2.17. The van der Waals surface area contributed by atoms with Crippen molar-refractivity contribution in [3.63, 3.8) is 0 Å². The summed E-state index contributed by atoms with van der Waals surface area (Å²) in [5.41, 5.74) is 1.60. The molecule has 2 aromatic heterocycles. The van der Waals surface area contributed by atoms with Crippen molar-refractivity contribution in [3.05, 3.63) is 36.3 Å². The minimum absolute atomic E-state index is 0.122. The summed E-state index contributed by atoms with van der Waals surface area (Å²) in [5, 5.41) is 0. The van der Waals surface area contributed by atoms with E-state index in [1.807, 2.05) is 33.8 Å². The Labute approximate surface area is 133 Å². The van der Waals surface area contributed by atoms with E-state index in [2.05, 4.69) is 32.7 Å². The second-order valence-electron chi connectivity index (χ2n) is 6.77. The Hall–Kier alpha value is -1.84. The van der Waals surface area contributed by atoms with Crippen molar-refractivity contribution in [3.8, 4) is 0 Å². The van der Waals surface area contributed by atoms with Crippen LogP contribution in [0.25, 0.3) is 5.65 Å². The van der Waals surface area contributed by atoms with Crippen molar-refractivity contribution in [2.75, 3.05) is 13.1 Å². The van der Waals surface area contributed by atoms with Crippen LogP contribution in [0.1, 0.15) is 50.9 Å². The molecular formula is C18H27N3O. The molecule has 0 radical (unpaired) electrons. The van der Waals surface area contributed by atoms with Crippen LogP contribution in [0.15, 0.2) is 30.7 Å². The molecule has 0 spiro atoms. The number of hydrogen-bond acceptors (Lipinski definition) is 2. The Balaban J connectivity index is 2.14. The van der Waals surface area contributed by atoms with Gasteiger partial charge >= 0.3 is 0 Å². The summed E-state index contributed by atoms with van der Waals surface area (Å²) in [4.78, 5) is 19.0. The molecule has 0 atom stereocenters. The highest BCUT2D eigenvalue weighted by molar-refractivity contribution is 5.94. The van der Waals surface area contributed by atoms with Gasteiger partial charge in [-0.1, -0.05) is 27.7 Å². The van der Waals surface area contributed by atoms with Crippen LogP contribution >= 0.6 is 0 Å². The van der Waals surface area contributed by atoms with E-state index in [1.165, 1.54) is 0 Å². The van der Waals surface area contributed by atoms with Gasteiger partial charge in [0.05, 0.1) is 5.56 Å². The van der Waals surface area contributed by atoms with E-state index in [1.54, 1.807) is 6.20 Å². The molecule has 120 valence electrons. The summed E-state index contributed by atoms with van der Waals surface area (Å²) < 4.78 is 1.90. The average molecular weight is 301 g/mol. The number of imidazole rings is 1. The SMILES string of the molecule is CC(C)CCN(CCC(C)C)C(=O)c1ccc2nccn2c1. The van der Waals surface area contributed by atoms with Crippen molar-refractivity contribution in [2.45, 2.75) is 40.5 Å². The normalized spacial score (nSPS) is 11.5. The molecule has 4 nitrogen and oxygen atoms in total. The number of rotatable bonds is 7. The molecule has 2 heterocycles. The third kappa shape index (κ3) is 4.33. The number of carbonyl (C=O) groups is 1. The molecule has 0 bridgehead atoms. The van der Waals surface area contributed by atoms with Crippen LogP contribution in [0.3, 0.4) is 0 Å². The summed E-state index contributed by atoms with van der Waals surface area (Å²) >= 11 is 0. The van der Waals surface area contributed by atoms with Crippen LogP contribution in [-0.4, -0.2) is 33.3 Å². The summed E-state index contributed by atoms with van der Waals surface area (Å²) in [6, 6.07) is 3.78. The third-order valence-electron chi connectivity index (χ3n) is 3.88. The number of carbonyl (C=O) groups excluding carboxylic acids is 1. The van der Waals surface area contributed by atoms with E-state index in [0.29, 0.717) is 11.8 Å². The van der Waals surface area contributed by atoms with Gasteiger partial charge in [0.25, 0.3) is 5.91 Å². The second kappa shape index (κ2) is 7.43. The predicted molar refractivity (Wildman–Crippen MR) is 90.0 cm³/mol. The van der Waals surface area contributed by atoms with Gasteiger partial charge in [-0.25, -0.2) is 4.98 Å². The first-order valence-electron chi connectivity index (χ1n) is 8.19.